The van der Waals surface area contributed by atoms with Crippen molar-refractivity contribution in [1.82, 2.24) is 14.9 Å². The van der Waals surface area contributed by atoms with Gasteiger partial charge in [0.1, 0.15) is 0 Å². The first-order chi connectivity index (χ1) is 15.8. The molecule has 1 saturated heterocycles. The van der Waals surface area contributed by atoms with Crippen LogP contribution >= 0.6 is 0 Å². The summed E-state index contributed by atoms with van der Waals surface area (Å²) >= 11 is 0. The second kappa shape index (κ2) is 7.94. The highest BCUT2D eigenvalue weighted by Gasteiger charge is 2.38. The fraction of sp³-hybridized carbons (Fsp3) is 0.286. The number of nitrogens with zero attached hydrogens (tertiary/aromatic N) is 2. The number of amides is 1. The molecule has 160 valence electrons. The van der Waals surface area contributed by atoms with Crippen LogP contribution in [0.4, 0.5) is 0 Å². The number of nitrogens with one attached hydrogen (secondary N) is 1. The van der Waals surface area contributed by atoms with Crippen molar-refractivity contribution < 1.29 is 4.79 Å². The minimum Gasteiger partial charge on any atom is -0.345 e. The zero-order valence-electron chi connectivity index (χ0n) is 18.1. The van der Waals surface area contributed by atoms with E-state index < -0.39 is 0 Å². The first-order valence-electron chi connectivity index (χ1n) is 11.7. The molecule has 32 heavy (non-hydrogen) atoms. The van der Waals surface area contributed by atoms with Gasteiger partial charge in [-0.2, -0.15) is 0 Å². The van der Waals surface area contributed by atoms with Crippen LogP contribution in [0, 0.1) is 0 Å². The van der Waals surface area contributed by atoms with E-state index in [1.54, 1.807) is 6.33 Å². The highest BCUT2D eigenvalue weighted by molar-refractivity contribution is 5.97. The van der Waals surface area contributed by atoms with E-state index >= 15 is 0 Å². The van der Waals surface area contributed by atoms with Gasteiger partial charge in [-0.25, -0.2) is 4.98 Å². The summed E-state index contributed by atoms with van der Waals surface area (Å²) in [7, 11) is 0. The van der Waals surface area contributed by atoms with E-state index in [-0.39, 0.29) is 5.91 Å². The van der Waals surface area contributed by atoms with Crippen molar-refractivity contribution in [3.8, 4) is 0 Å². The Kier molecular flexibility index (Phi) is 4.79. The second-order valence-corrected chi connectivity index (χ2v) is 9.18. The first kappa shape index (κ1) is 19.3. The second-order valence-electron chi connectivity index (χ2n) is 9.18. The molecule has 0 bridgehead atoms. The molecule has 0 radical (unpaired) electrons. The monoisotopic (exact) mass is 421 g/mol. The molecular weight excluding hydrogens is 394 g/mol. The highest BCUT2D eigenvalue weighted by Crippen LogP contribution is 2.41. The maximum atomic E-state index is 13.5. The summed E-state index contributed by atoms with van der Waals surface area (Å²) < 4.78 is 0. The Bertz CT molecular complexity index is 1280. The van der Waals surface area contributed by atoms with Crippen molar-refractivity contribution >= 4 is 16.9 Å². The smallest absolute Gasteiger partial charge is 0.254 e. The van der Waals surface area contributed by atoms with Gasteiger partial charge in [-0.3, -0.25) is 4.79 Å². The lowest BCUT2D eigenvalue weighted by atomic mass is 9.73. The number of likely N-dealkylation sites (tertiary alicyclic amines) is 1. The summed E-state index contributed by atoms with van der Waals surface area (Å²) in [4.78, 5) is 23.0. The minimum atomic E-state index is 0.153. The maximum absolute atomic E-state index is 13.5. The molecule has 1 fully saturated rings. The number of aryl methyl sites for hydroxylation is 1. The predicted octanol–water partition coefficient (Wildman–Crippen LogP) is 5.49. The van der Waals surface area contributed by atoms with Crippen LogP contribution in [-0.2, 0) is 12.8 Å². The molecule has 1 N–H and O–H groups in total. The summed E-state index contributed by atoms with van der Waals surface area (Å²) in [5.41, 5.74) is 8.24. The third kappa shape index (κ3) is 3.40. The summed E-state index contributed by atoms with van der Waals surface area (Å²) in [5.74, 6) is 0.596. The molecule has 1 aromatic heterocycles. The van der Waals surface area contributed by atoms with Crippen LogP contribution in [0.25, 0.3) is 11.0 Å². The molecule has 2 atom stereocenters. The fourth-order valence-electron chi connectivity index (χ4n) is 5.75. The van der Waals surface area contributed by atoms with E-state index in [0.29, 0.717) is 12.0 Å². The van der Waals surface area contributed by atoms with Crippen molar-refractivity contribution in [1.29, 1.82) is 0 Å². The summed E-state index contributed by atoms with van der Waals surface area (Å²) in [6.07, 6.45) is 6.97. The van der Waals surface area contributed by atoms with Gasteiger partial charge in [0.2, 0.25) is 0 Å². The lowest BCUT2D eigenvalue weighted by molar-refractivity contribution is 0.0547. The molecule has 6 rings (SSSR count). The number of aromatic nitrogens is 2. The van der Waals surface area contributed by atoms with E-state index in [1.165, 1.54) is 28.7 Å². The Morgan fingerprint density at radius 1 is 1.00 bits per heavy atom. The molecule has 2 heterocycles. The third-order valence-electron chi connectivity index (χ3n) is 7.27. The van der Waals surface area contributed by atoms with E-state index in [9.17, 15) is 4.79 Å². The van der Waals surface area contributed by atoms with Crippen molar-refractivity contribution in [3.63, 3.8) is 0 Å². The van der Waals surface area contributed by atoms with E-state index in [4.69, 9.17) is 0 Å². The number of H-pyrrole nitrogens is 1. The topological polar surface area (TPSA) is 49.0 Å². The number of carbonyl (C=O) groups excluding carboxylic acids is 1. The maximum Gasteiger partial charge on any atom is 0.254 e. The summed E-state index contributed by atoms with van der Waals surface area (Å²) in [5, 5.41) is 0. The molecule has 0 saturated carbocycles. The number of hydrogen-bond donors (Lipinski definition) is 1. The molecular formula is C28H27N3O. The standard InChI is InChI=1S/C28H27N3O/c32-28(22-9-12-25-26(17-22)30-18-29-25)31-14-4-7-24-23-11-8-20(15-19-5-2-1-3-6-19)16-21(23)10-13-27(24)31/h1-3,5-6,8-9,11-12,16-18,24,27H,4,7,10,13-15H2,(H,29,30)/t24-,27?/m1/s1. The van der Waals surface area contributed by atoms with Crippen molar-refractivity contribution in [2.45, 2.75) is 44.1 Å². The number of carbonyl (C=O) groups is 1. The van der Waals surface area contributed by atoms with Crippen LogP contribution in [0.15, 0.2) is 73.1 Å². The first-order valence-corrected chi connectivity index (χ1v) is 11.7. The van der Waals surface area contributed by atoms with Crippen LogP contribution in [0.5, 0.6) is 0 Å². The van der Waals surface area contributed by atoms with Gasteiger partial charge in [0, 0.05) is 24.1 Å². The van der Waals surface area contributed by atoms with Crippen LogP contribution in [0.3, 0.4) is 0 Å². The molecule has 3 aromatic carbocycles. The lowest BCUT2D eigenvalue weighted by Crippen LogP contribution is -2.49. The molecule has 1 aliphatic carbocycles. The number of piperidine rings is 1. The van der Waals surface area contributed by atoms with Crippen molar-refractivity contribution in [2.24, 2.45) is 0 Å². The van der Waals surface area contributed by atoms with E-state index in [1.807, 2.05) is 18.2 Å². The third-order valence-corrected chi connectivity index (χ3v) is 7.27. The predicted molar refractivity (Wildman–Crippen MR) is 127 cm³/mol. The Hall–Kier alpha value is -3.40. The minimum absolute atomic E-state index is 0.153. The molecule has 1 unspecified atom stereocenters. The Balaban J connectivity index is 1.25. The average molecular weight is 422 g/mol. The lowest BCUT2D eigenvalue weighted by Gasteiger charge is -2.45. The van der Waals surface area contributed by atoms with Crippen molar-refractivity contribution in [2.75, 3.05) is 6.54 Å². The number of imidazole rings is 1. The normalized spacial score (nSPS) is 20.1. The largest absolute Gasteiger partial charge is 0.345 e. The van der Waals surface area contributed by atoms with Crippen molar-refractivity contribution in [3.05, 3.63) is 101 Å². The fourth-order valence-corrected chi connectivity index (χ4v) is 5.75. The Morgan fingerprint density at radius 3 is 2.81 bits per heavy atom. The number of hydrogen-bond acceptors (Lipinski definition) is 2. The Labute approximate surface area is 188 Å². The van der Waals surface area contributed by atoms with Crippen LogP contribution in [-0.4, -0.2) is 33.4 Å². The van der Waals surface area contributed by atoms with Gasteiger partial charge in [0.05, 0.1) is 17.4 Å². The number of fused-ring (bicyclic) bond motifs is 4. The van der Waals surface area contributed by atoms with Gasteiger partial charge in [0.25, 0.3) is 5.91 Å². The highest BCUT2D eigenvalue weighted by atomic mass is 16.2. The van der Waals surface area contributed by atoms with Gasteiger partial charge in [0.15, 0.2) is 0 Å². The van der Waals surface area contributed by atoms with E-state index in [0.717, 1.165) is 48.8 Å². The number of aromatic amines is 1. The van der Waals surface area contributed by atoms with Gasteiger partial charge in [-0.1, -0.05) is 48.5 Å². The summed E-state index contributed by atoms with van der Waals surface area (Å²) in [6.45, 7) is 0.850. The molecule has 4 aromatic rings. The van der Waals surface area contributed by atoms with E-state index in [2.05, 4.69) is 63.4 Å². The van der Waals surface area contributed by atoms with Gasteiger partial charge < -0.3 is 9.88 Å². The molecule has 1 amide bonds. The van der Waals surface area contributed by atoms with Gasteiger partial charge in [-0.15, -0.1) is 0 Å². The Morgan fingerprint density at radius 2 is 1.91 bits per heavy atom. The molecule has 2 aliphatic rings. The zero-order chi connectivity index (χ0) is 21.5. The average Bonchev–Trinajstić information content (AvgIpc) is 3.31. The molecule has 1 aliphatic heterocycles. The molecule has 0 spiro atoms. The molecule has 4 heteroatoms. The number of benzene rings is 3. The SMILES string of the molecule is O=C(c1ccc2nc[nH]c2c1)N1CCC[C@@H]2c3ccc(Cc4ccccc4)cc3CCC21. The quantitative estimate of drug-likeness (QED) is 0.476. The van der Waals surface area contributed by atoms with Gasteiger partial charge >= 0.3 is 0 Å². The van der Waals surface area contributed by atoms with Crippen LogP contribution in [0.1, 0.15) is 57.8 Å². The number of rotatable bonds is 3. The zero-order valence-corrected chi connectivity index (χ0v) is 18.1. The van der Waals surface area contributed by atoms with Crippen LogP contribution < -0.4 is 0 Å². The van der Waals surface area contributed by atoms with Gasteiger partial charge in [-0.05, 0) is 72.6 Å². The summed E-state index contributed by atoms with van der Waals surface area (Å²) in [6, 6.07) is 23.8. The molecule has 4 nitrogen and oxygen atoms in total. The van der Waals surface area contributed by atoms with Crippen LogP contribution in [0.2, 0.25) is 0 Å².